The van der Waals surface area contributed by atoms with E-state index in [4.69, 9.17) is 5.21 Å². The zero-order valence-corrected chi connectivity index (χ0v) is 4.64. The van der Waals surface area contributed by atoms with Crippen LogP contribution in [0.1, 0.15) is 6.92 Å². The number of carbonyl (C=O) groups excluding carboxylic acids is 1. The van der Waals surface area contributed by atoms with Gasteiger partial charge in [-0.1, -0.05) is 6.58 Å². The molecule has 0 aromatic heterocycles. The van der Waals surface area contributed by atoms with Gasteiger partial charge in [0.25, 0.3) is 5.91 Å². The zero-order chi connectivity index (χ0) is 6.57. The van der Waals surface area contributed by atoms with Gasteiger partial charge >= 0.3 is 0 Å². The summed E-state index contributed by atoms with van der Waals surface area (Å²) in [6.07, 6.45) is 0. The lowest BCUT2D eigenvalue weighted by Gasteiger charge is -1.93. The Kier molecular flexibility index (Phi) is 2.83. The van der Waals surface area contributed by atoms with Gasteiger partial charge < -0.3 is 0 Å². The predicted molar refractivity (Wildman–Crippen MR) is 26.7 cm³/mol. The van der Waals surface area contributed by atoms with Crippen LogP contribution in [0.25, 0.3) is 0 Å². The fourth-order valence-electron chi connectivity index (χ4n) is 0.182. The van der Waals surface area contributed by atoms with E-state index in [1.165, 1.54) is 0 Å². The van der Waals surface area contributed by atoms with E-state index in [0.717, 1.165) is 0 Å². The van der Waals surface area contributed by atoms with Crippen molar-refractivity contribution in [3.05, 3.63) is 12.2 Å². The molecule has 0 heterocycles. The second-order valence-corrected chi connectivity index (χ2v) is 1.38. The fourth-order valence-corrected chi connectivity index (χ4v) is 0.182. The lowest BCUT2D eigenvalue weighted by Crippen LogP contribution is -2.91. The standard InChI is InChI=1S/C4H8N2O2/c1-3(2)4(7)5-6-8/h6,8H,1H2,2H3,(H,5,7)/p+1. The van der Waals surface area contributed by atoms with E-state index >= 15 is 0 Å². The summed E-state index contributed by atoms with van der Waals surface area (Å²) in [6, 6.07) is 0. The highest BCUT2D eigenvalue weighted by Crippen LogP contribution is 1.80. The molecule has 0 aliphatic rings. The minimum atomic E-state index is -0.368. The van der Waals surface area contributed by atoms with E-state index in [-0.39, 0.29) is 5.91 Å². The number of hydrogen-bond donors (Lipinski definition) is 3. The maximum absolute atomic E-state index is 10.3. The molecule has 0 spiro atoms. The van der Waals surface area contributed by atoms with E-state index in [0.29, 0.717) is 11.2 Å². The first kappa shape index (κ1) is 7.13. The molecule has 4 heteroatoms. The highest BCUT2D eigenvalue weighted by atomic mass is 16.5. The van der Waals surface area contributed by atoms with Gasteiger partial charge in [-0.2, -0.15) is 10.6 Å². The Morgan fingerprint density at radius 1 is 1.88 bits per heavy atom. The van der Waals surface area contributed by atoms with Gasteiger partial charge in [-0.25, -0.2) is 0 Å². The number of nitrogens with two attached hydrogens (primary N) is 1. The Hall–Kier alpha value is -0.870. The van der Waals surface area contributed by atoms with Gasteiger partial charge in [-0.05, 0) is 6.92 Å². The van der Waals surface area contributed by atoms with Crippen molar-refractivity contribution >= 4 is 5.91 Å². The lowest BCUT2D eigenvalue weighted by atomic mass is 10.3. The largest absolute Gasteiger partial charge is 0.293 e. The van der Waals surface area contributed by atoms with Crippen molar-refractivity contribution in [1.82, 2.24) is 5.43 Å². The number of carbonyl (C=O) groups is 1. The Bertz CT molecular complexity index is 111. The molecular weight excluding hydrogens is 108 g/mol. The van der Waals surface area contributed by atoms with Gasteiger partial charge in [-0.3, -0.25) is 4.79 Å². The molecule has 0 aromatic carbocycles. The molecule has 0 radical (unpaired) electrons. The second-order valence-electron chi connectivity index (χ2n) is 1.38. The van der Waals surface area contributed by atoms with Crippen LogP contribution >= 0.6 is 0 Å². The summed E-state index contributed by atoms with van der Waals surface area (Å²) in [4.78, 5) is 10.3. The quantitative estimate of drug-likeness (QED) is 0.179. The van der Waals surface area contributed by atoms with Gasteiger partial charge in [0, 0.05) is 5.57 Å². The molecule has 0 rings (SSSR count). The van der Waals surface area contributed by atoms with Crippen LogP contribution < -0.4 is 11.0 Å². The summed E-state index contributed by atoms with van der Waals surface area (Å²) in [7, 11) is 0. The molecule has 0 aromatic rings. The summed E-state index contributed by atoms with van der Waals surface area (Å²) < 4.78 is 0. The van der Waals surface area contributed by atoms with Crippen LogP contribution in [0, 0.1) is 0 Å². The van der Waals surface area contributed by atoms with Crippen molar-refractivity contribution in [1.29, 1.82) is 0 Å². The molecule has 0 saturated carbocycles. The van der Waals surface area contributed by atoms with Crippen LogP contribution in [0.4, 0.5) is 0 Å². The minimum Gasteiger partial charge on any atom is -0.265 e. The van der Waals surface area contributed by atoms with Crippen molar-refractivity contribution in [3.8, 4) is 0 Å². The molecule has 0 aliphatic carbocycles. The molecule has 0 aliphatic heterocycles. The maximum atomic E-state index is 10.3. The molecule has 0 unspecified atom stereocenters. The number of amides is 1. The van der Waals surface area contributed by atoms with Gasteiger partial charge in [0.1, 0.15) is 0 Å². The van der Waals surface area contributed by atoms with Crippen LogP contribution in [-0.4, -0.2) is 11.1 Å². The van der Waals surface area contributed by atoms with Crippen molar-refractivity contribution in [2.45, 2.75) is 6.92 Å². The van der Waals surface area contributed by atoms with Crippen LogP contribution in [0.2, 0.25) is 0 Å². The highest BCUT2D eigenvalue weighted by molar-refractivity contribution is 5.90. The van der Waals surface area contributed by atoms with E-state index in [1.807, 2.05) is 5.43 Å². The number of quaternary nitrogens is 1. The zero-order valence-electron chi connectivity index (χ0n) is 4.64. The first-order valence-corrected chi connectivity index (χ1v) is 2.10. The summed E-state index contributed by atoms with van der Waals surface area (Å²) in [5, 5.41) is 7.99. The van der Waals surface area contributed by atoms with Crippen molar-refractivity contribution in [2.24, 2.45) is 0 Å². The third kappa shape index (κ3) is 2.33. The van der Waals surface area contributed by atoms with Crippen LogP contribution in [0.5, 0.6) is 0 Å². The number of rotatable bonds is 2. The van der Waals surface area contributed by atoms with Gasteiger partial charge in [0.2, 0.25) is 0 Å². The lowest BCUT2D eigenvalue weighted by molar-refractivity contribution is -0.919. The first-order chi connectivity index (χ1) is 3.68. The molecule has 8 heavy (non-hydrogen) atoms. The Morgan fingerprint density at radius 2 is 2.38 bits per heavy atom. The van der Waals surface area contributed by atoms with E-state index < -0.39 is 0 Å². The topological polar surface area (TPSA) is 65.9 Å². The summed E-state index contributed by atoms with van der Waals surface area (Å²) in [5.41, 5.74) is 2.99. The van der Waals surface area contributed by atoms with Crippen LogP contribution in [0.3, 0.4) is 0 Å². The third-order valence-electron chi connectivity index (χ3n) is 0.583. The van der Waals surface area contributed by atoms with E-state index in [2.05, 4.69) is 6.58 Å². The summed E-state index contributed by atoms with van der Waals surface area (Å²) in [5.74, 6) is -0.368. The monoisotopic (exact) mass is 117 g/mol. The molecule has 4 nitrogen and oxygen atoms in total. The minimum absolute atomic E-state index is 0.368. The fraction of sp³-hybridized carbons (Fsp3) is 0.250. The summed E-state index contributed by atoms with van der Waals surface area (Å²) in [6.45, 7) is 4.88. The molecule has 0 saturated heterocycles. The molecule has 4 N–H and O–H groups in total. The Balaban J connectivity index is 3.49. The van der Waals surface area contributed by atoms with Crippen molar-refractivity contribution in [3.63, 3.8) is 0 Å². The van der Waals surface area contributed by atoms with Crippen molar-refractivity contribution < 1.29 is 15.6 Å². The summed E-state index contributed by atoms with van der Waals surface area (Å²) >= 11 is 0. The van der Waals surface area contributed by atoms with Crippen LogP contribution in [0.15, 0.2) is 12.2 Å². The smallest absolute Gasteiger partial charge is 0.265 e. The average Bonchev–Trinajstić information content (AvgIpc) is 1.67. The Morgan fingerprint density at radius 3 is 2.50 bits per heavy atom. The molecular formula is C4H9N2O2+. The van der Waals surface area contributed by atoms with Gasteiger partial charge in [-0.15, -0.1) is 5.59 Å². The van der Waals surface area contributed by atoms with E-state index in [9.17, 15) is 4.79 Å². The van der Waals surface area contributed by atoms with Crippen molar-refractivity contribution in [2.75, 3.05) is 0 Å². The molecule has 46 valence electrons. The molecule has 0 fully saturated rings. The maximum Gasteiger partial charge on any atom is 0.293 e. The molecule has 1 amide bonds. The SMILES string of the molecule is C=C(C)C(=O)N[NH2+]O. The predicted octanol–water partition coefficient (Wildman–Crippen LogP) is -1.45. The molecule has 0 bridgehead atoms. The first-order valence-electron chi connectivity index (χ1n) is 2.10. The number of nitrogens with one attached hydrogen (secondary N) is 1. The number of hydrogen-bond acceptors (Lipinski definition) is 2. The molecule has 0 atom stereocenters. The highest BCUT2D eigenvalue weighted by Gasteiger charge is 1.98. The van der Waals surface area contributed by atoms with Gasteiger partial charge in [0.15, 0.2) is 0 Å². The van der Waals surface area contributed by atoms with Gasteiger partial charge in [0.05, 0.1) is 0 Å². The normalized spacial score (nSPS) is 8.25. The Labute approximate surface area is 47.1 Å². The van der Waals surface area contributed by atoms with Crippen LogP contribution in [-0.2, 0) is 4.79 Å². The average molecular weight is 117 g/mol. The third-order valence-corrected chi connectivity index (χ3v) is 0.583. The second kappa shape index (κ2) is 3.17. The van der Waals surface area contributed by atoms with E-state index in [1.54, 1.807) is 6.92 Å².